The van der Waals surface area contributed by atoms with E-state index in [1.165, 1.54) is 37.2 Å². The minimum absolute atomic E-state index is 0.517. The molecule has 0 N–H and O–H groups in total. The lowest BCUT2D eigenvalue weighted by molar-refractivity contribution is -0.00907. The Balaban J connectivity index is 1.50. The molecule has 1 aromatic carbocycles. The molecule has 4 saturated heterocycles. The van der Waals surface area contributed by atoms with E-state index in [2.05, 4.69) is 51.2 Å². The van der Waals surface area contributed by atoms with E-state index in [1.807, 2.05) is 12.3 Å². The van der Waals surface area contributed by atoms with Gasteiger partial charge >= 0.3 is 0 Å². The summed E-state index contributed by atoms with van der Waals surface area (Å²) in [5, 5.41) is 0. The summed E-state index contributed by atoms with van der Waals surface area (Å²) in [4.78, 5) is 10.1. The highest BCUT2D eigenvalue weighted by Gasteiger charge is 2.53. The van der Waals surface area contributed by atoms with Gasteiger partial charge in [0.1, 0.15) is 5.75 Å². The van der Waals surface area contributed by atoms with Crippen LogP contribution in [0.25, 0.3) is 0 Å². The molecule has 136 valence electrons. The number of para-hydroxylation sites is 1. The van der Waals surface area contributed by atoms with Gasteiger partial charge in [-0.25, -0.2) is 0 Å². The third kappa shape index (κ3) is 2.63. The molecule has 4 heteroatoms. The number of hydrogen-bond donors (Lipinski definition) is 0. The Morgan fingerprint density at radius 1 is 1.04 bits per heavy atom. The summed E-state index contributed by atoms with van der Waals surface area (Å²) in [5.41, 5.74) is 2.56. The number of benzene rings is 1. The van der Waals surface area contributed by atoms with Crippen LogP contribution in [0.5, 0.6) is 5.75 Å². The maximum atomic E-state index is 5.72. The zero-order valence-corrected chi connectivity index (χ0v) is 15.4. The van der Waals surface area contributed by atoms with Crippen molar-refractivity contribution in [1.82, 2.24) is 14.8 Å². The lowest BCUT2D eigenvalue weighted by atomic mass is 9.75. The standard InChI is InChI=1S/C22H27N3O/c1-26-20-8-3-2-7-18(20)19-15-25(14-17-6-4-5-11-23-17)21-16-9-12-24(13-10-16)22(19)21/h2-8,11,16,19,21-22H,9-10,12-15H2,1H3/t19-,21-,22-/m1/s1. The predicted octanol–water partition coefficient (Wildman–Crippen LogP) is 3.15. The normalized spacial score (nSPS) is 33.2. The van der Waals surface area contributed by atoms with Crippen LogP contribution in [0.2, 0.25) is 0 Å². The van der Waals surface area contributed by atoms with E-state index in [0.29, 0.717) is 18.0 Å². The van der Waals surface area contributed by atoms with Crippen molar-refractivity contribution in [2.45, 2.75) is 37.4 Å². The number of ether oxygens (including phenoxy) is 1. The fourth-order valence-electron chi connectivity index (χ4n) is 5.67. The molecule has 0 radical (unpaired) electrons. The Kier molecular flexibility index (Phi) is 4.18. The number of rotatable bonds is 4. The number of hydrogen-bond acceptors (Lipinski definition) is 4. The Morgan fingerprint density at radius 3 is 2.62 bits per heavy atom. The van der Waals surface area contributed by atoms with Gasteiger partial charge in [0.15, 0.2) is 0 Å². The third-order valence-electron chi connectivity index (χ3n) is 6.72. The van der Waals surface area contributed by atoms with Crippen molar-refractivity contribution in [2.24, 2.45) is 5.92 Å². The number of pyridine rings is 1. The van der Waals surface area contributed by atoms with Crippen LogP contribution < -0.4 is 4.74 Å². The van der Waals surface area contributed by atoms with Crippen LogP contribution in [0.3, 0.4) is 0 Å². The molecule has 0 amide bonds. The van der Waals surface area contributed by atoms with Crippen LogP contribution >= 0.6 is 0 Å². The molecule has 26 heavy (non-hydrogen) atoms. The van der Waals surface area contributed by atoms with E-state index in [1.54, 1.807) is 7.11 Å². The van der Waals surface area contributed by atoms with Gasteiger partial charge in [0.25, 0.3) is 0 Å². The maximum Gasteiger partial charge on any atom is 0.122 e. The van der Waals surface area contributed by atoms with Crippen LogP contribution in [0, 0.1) is 5.92 Å². The average Bonchev–Trinajstić information content (AvgIpc) is 3.11. The SMILES string of the molecule is COc1ccccc1[C@H]1CN(Cc2ccccn2)[C@@H]2C3CCN(CC3)[C@H]12. The van der Waals surface area contributed by atoms with Crippen molar-refractivity contribution >= 4 is 0 Å². The van der Waals surface area contributed by atoms with Crippen molar-refractivity contribution < 1.29 is 4.74 Å². The molecule has 0 saturated carbocycles. The molecule has 5 heterocycles. The lowest BCUT2D eigenvalue weighted by Crippen LogP contribution is -2.60. The molecular weight excluding hydrogens is 322 g/mol. The largest absolute Gasteiger partial charge is 0.496 e. The molecule has 0 unspecified atom stereocenters. The molecule has 2 bridgehead atoms. The fourth-order valence-corrected chi connectivity index (χ4v) is 5.67. The monoisotopic (exact) mass is 349 g/mol. The number of piperidine rings is 3. The summed E-state index contributed by atoms with van der Waals surface area (Å²) in [7, 11) is 1.80. The average molecular weight is 349 g/mol. The van der Waals surface area contributed by atoms with Crippen LogP contribution in [0.15, 0.2) is 48.7 Å². The second-order valence-electron chi connectivity index (χ2n) is 7.95. The van der Waals surface area contributed by atoms with E-state index >= 15 is 0 Å². The van der Waals surface area contributed by atoms with Crippen LogP contribution in [-0.4, -0.2) is 53.6 Å². The second-order valence-corrected chi connectivity index (χ2v) is 7.95. The minimum Gasteiger partial charge on any atom is -0.496 e. The second kappa shape index (κ2) is 6.67. The Labute approximate surface area is 155 Å². The van der Waals surface area contributed by atoms with Crippen molar-refractivity contribution in [1.29, 1.82) is 0 Å². The highest BCUT2D eigenvalue weighted by atomic mass is 16.5. The molecule has 4 nitrogen and oxygen atoms in total. The van der Waals surface area contributed by atoms with Gasteiger partial charge in [-0.1, -0.05) is 24.3 Å². The topological polar surface area (TPSA) is 28.6 Å². The Bertz CT molecular complexity index is 757. The molecule has 6 rings (SSSR count). The quantitative estimate of drug-likeness (QED) is 0.848. The van der Waals surface area contributed by atoms with E-state index in [4.69, 9.17) is 4.74 Å². The first kappa shape index (κ1) is 16.3. The van der Waals surface area contributed by atoms with E-state index < -0.39 is 0 Å². The van der Waals surface area contributed by atoms with Gasteiger partial charge in [0.2, 0.25) is 0 Å². The molecule has 4 aliphatic heterocycles. The molecule has 0 aliphatic carbocycles. The van der Waals surface area contributed by atoms with Crippen molar-refractivity contribution in [3.8, 4) is 5.75 Å². The van der Waals surface area contributed by atoms with Crippen LogP contribution in [0.4, 0.5) is 0 Å². The first-order valence-electron chi connectivity index (χ1n) is 9.86. The molecule has 4 fully saturated rings. The molecule has 4 aliphatic rings. The summed E-state index contributed by atoms with van der Waals surface area (Å²) >= 11 is 0. The number of nitrogens with zero attached hydrogens (tertiary/aromatic N) is 3. The lowest BCUT2D eigenvalue weighted by Gasteiger charge is -2.51. The van der Waals surface area contributed by atoms with E-state index in [9.17, 15) is 0 Å². The van der Waals surface area contributed by atoms with Crippen molar-refractivity contribution in [3.05, 3.63) is 59.9 Å². The molecule has 3 atom stereocenters. The first-order chi connectivity index (χ1) is 12.8. The zero-order chi connectivity index (χ0) is 17.5. The summed E-state index contributed by atoms with van der Waals surface area (Å²) in [6, 6.07) is 16.1. The smallest absolute Gasteiger partial charge is 0.122 e. The van der Waals surface area contributed by atoms with Gasteiger partial charge in [-0.2, -0.15) is 0 Å². The predicted molar refractivity (Wildman–Crippen MR) is 102 cm³/mol. The molecule has 1 aromatic heterocycles. The third-order valence-corrected chi connectivity index (χ3v) is 6.72. The van der Waals surface area contributed by atoms with Crippen LogP contribution in [0.1, 0.15) is 30.0 Å². The summed E-state index contributed by atoms with van der Waals surface area (Å²) in [6.45, 7) is 4.57. The van der Waals surface area contributed by atoms with Gasteiger partial charge in [-0.3, -0.25) is 14.8 Å². The van der Waals surface area contributed by atoms with E-state index in [0.717, 1.165) is 24.8 Å². The van der Waals surface area contributed by atoms with Crippen molar-refractivity contribution in [3.63, 3.8) is 0 Å². The number of aromatic nitrogens is 1. The van der Waals surface area contributed by atoms with Crippen molar-refractivity contribution in [2.75, 3.05) is 26.7 Å². The molecule has 0 spiro atoms. The van der Waals surface area contributed by atoms with Gasteiger partial charge in [0.05, 0.1) is 12.8 Å². The Hall–Kier alpha value is -1.91. The van der Waals surface area contributed by atoms with Gasteiger partial charge < -0.3 is 4.74 Å². The number of fused-ring (bicyclic) bond motifs is 2. The number of methoxy groups -OCH3 is 1. The molecule has 2 aromatic rings. The van der Waals surface area contributed by atoms with Crippen LogP contribution in [-0.2, 0) is 6.54 Å². The zero-order valence-electron chi connectivity index (χ0n) is 15.4. The van der Waals surface area contributed by atoms with Gasteiger partial charge in [0, 0.05) is 42.9 Å². The summed E-state index contributed by atoms with van der Waals surface area (Å²) < 4.78 is 5.72. The summed E-state index contributed by atoms with van der Waals surface area (Å²) in [6.07, 6.45) is 4.61. The molecular formula is C22H27N3O. The Morgan fingerprint density at radius 2 is 1.85 bits per heavy atom. The van der Waals surface area contributed by atoms with E-state index in [-0.39, 0.29) is 0 Å². The summed E-state index contributed by atoms with van der Waals surface area (Å²) in [5.74, 6) is 2.38. The minimum atomic E-state index is 0.517. The van der Waals surface area contributed by atoms with Gasteiger partial charge in [-0.15, -0.1) is 0 Å². The highest BCUT2D eigenvalue weighted by molar-refractivity contribution is 5.39. The fraction of sp³-hybridized carbons (Fsp3) is 0.500. The van der Waals surface area contributed by atoms with Gasteiger partial charge in [-0.05, 0) is 50.0 Å². The maximum absolute atomic E-state index is 5.72. The number of likely N-dealkylation sites (tertiary alicyclic amines) is 1. The first-order valence-corrected chi connectivity index (χ1v) is 9.86. The highest BCUT2D eigenvalue weighted by Crippen LogP contribution is 2.48.